The lowest BCUT2D eigenvalue weighted by atomic mass is 10.1. The maximum Gasteiger partial charge on any atom is 0.125 e. The van der Waals surface area contributed by atoms with Crippen LogP contribution in [0.1, 0.15) is 30.0 Å². The van der Waals surface area contributed by atoms with E-state index in [0.29, 0.717) is 30.5 Å². The van der Waals surface area contributed by atoms with Crippen LogP contribution in [0, 0.1) is 6.92 Å². The van der Waals surface area contributed by atoms with E-state index in [0.717, 1.165) is 41.0 Å². The number of ether oxygens (including phenoxy) is 2. The largest absolute Gasteiger partial charge is 0.493 e. The third-order valence-electron chi connectivity index (χ3n) is 4.22. The van der Waals surface area contributed by atoms with Gasteiger partial charge in [-0.1, -0.05) is 60.4 Å². The van der Waals surface area contributed by atoms with Crippen molar-refractivity contribution in [3.63, 3.8) is 0 Å². The molecule has 0 aliphatic rings. The Morgan fingerprint density at radius 1 is 1.10 bits per heavy atom. The van der Waals surface area contributed by atoms with Gasteiger partial charge < -0.3 is 9.47 Å². The quantitative estimate of drug-likeness (QED) is 0.271. The van der Waals surface area contributed by atoms with E-state index >= 15 is 0 Å². The molecule has 0 fully saturated rings. The Morgan fingerprint density at radius 3 is 2.50 bits per heavy atom. The molecular formula is C23H26Cl3NO3. The monoisotopic (exact) mass is 469 g/mol. The van der Waals surface area contributed by atoms with Crippen molar-refractivity contribution in [2.24, 2.45) is 0 Å². The molecule has 0 amide bonds. The zero-order valence-corrected chi connectivity index (χ0v) is 19.4. The van der Waals surface area contributed by atoms with Crippen LogP contribution in [-0.4, -0.2) is 19.8 Å². The van der Waals surface area contributed by atoms with Crippen LogP contribution >= 0.6 is 34.8 Å². The van der Waals surface area contributed by atoms with Crippen LogP contribution in [0.2, 0.25) is 5.02 Å². The van der Waals surface area contributed by atoms with Gasteiger partial charge in [0, 0.05) is 11.4 Å². The summed E-state index contributed by atoms with van der Waals surface area (Å²) in [6.45, 7) is 9.37. The van der Waals surface area contributed by atoms with Crippen molar-refractivity contribution < 1.29 is 14.3 Å². The number of nitrogens with one attached hydrogen (secondary N) is 1. The summed E-state index contributed by atoms with van der Waals surface area (Å²) >= 11 is 17.1. The van der Waals surface area contributed by atoms with Crippen molar-refractivity contribution in [3.8, 4) is 11.5 Å². The molecule has 1 N–H and O–H groups in total. The molecule has 0 unspecified atom stereocenters. The first kappa shape index (κ1) is 24.4. The maximum absolute atomic E-state index is 6.01. The minimum atomic E-state index is 0.191. The zero-order valence-electron chi connectivity index (χ0n) is 17.1. The van der Waals surface area contributed by atoms with Gasteiger partial charge >= 0.3 is 0 Å². The van der Waals surface area contributed by atoms with Crippen LogP contribution in [0.5, 0.6) is 11.5 Å². The van der Waals surface area contributed by atoms with Gasteiger partial charge in [0.25, 0.3) is 0 Å². The van der Waals surface area contributed by atoms with Crippen LogP contribution in [0.25, 0.3) is 5.70 Å². The van der Waals surface area contributed by atoms with Crippen LogP contribution in [0.4, 0.5) is 0 Å². The van der Waals surface area contributed by atoms with Gasteiger partial charge in [-0.2, -0.15) is 0 Å². The molecule has 2 aromatic rings. The van der Waals surface area contributed by atoms with Crippen LogP contribution in [-0.2, 0) is 11.3 Å². The molecule has 30 heavy (non-hydrogen) atoms. The minimum absolute atomic E-state index is 0.191. The molecule has 0 aliphatic heterocycles. The fourth-order valence-electron chi connectivity index (χ4n) is 2.72. The predicted octanol–water partition coefficient (Wildman–Crippen LogP) is 6.87. The predicted molar refractivity (Wildman–Crippen MR) is 126 cm³/mol. The van der Waals surface area contributed by atoms with Crippen molar-refractivity contribution in [2.45, 2.75) is 26.7 Å². The number of hydroxylamine groups is 1. The third-order valence-corrected chi connectivity index (χ3v) is 4.78. The number of halogens is 3. The maximum atomic E-state index is 6.01. The molecule has 2 rings (SSSR count). The standard InChI is InChI=1S/C23H26Cl3NO3/c1-4-18-15-21(28-13-10-22(25)26)14-16(2)23(18)29-11-5-12-30-27-17(3)19-6-8-20(24)9-7-19/h6-10,14-15,27H,3-5,11-13H2,1-2H3. The zero-order chi connectivity index (χ0) is 21.9. The summed E-state index contributed by atoms with van der Waals surface area (Å²) in [4.78, 5) is 5.48. The Labute approximate surface area is 193 Å². The van der Waals surface area contributed by atoms with E-state index in [-0.39, 0.29) is 4.49 Å². The summed E-state index contributed by atoms with van der Waals surface area (Å²) in [5.74, 6) is 1.64. The molecule has 4 nitrogen and oxygen atoms in total. The molecule has 0 atom stereocenters. The molecule has 162 valence electrons. The molecule has 0 aliphatic carbocycles. The van der Waals surface area contributed by atoms with Gasteiger partial charge in [-0.3, -0.25) is 10.3 Å². The molecule has 7 heteroatoms. The van der Waals surface area contributed by atoms with Gasteiger partial charge in [-0.15, -0.1) is 0 Å². The van der Waals surface area contributed by atoms with E-state index in [2.05, 4.69) is 19.0 Å². The van der Waals surface area contributed by atoms with E-state index in [4.69, 9.17) is 49.1 Å². The topological polar surface area (TPSA) is 39.7 Å². The molecule has 0 saturated carbocycles. The average Bonchev–Trinajstić information content (AvgIpc) is 2.71. The second kappa shape index (κ2) is 12.8. The highest BCUT2D eigenvalue weighted by atomic mass is 35.5. The molecule has 0 heterocycles. The SMILES string of the molecule is C=C(NOCCCOc1c(C)cc(OCC=C(Cl)Cl)cc1CC)c1ccc(Cl)cc1. The molecule has 0 bridgehead atoms. The van der Waals surface area contributed by atoms with Crippen molar-refractivity contribution in [3.05, 3.63) is 75.3 Å². The number of benzene rings is 2. The normalized spacial score (nSPS) is 10.4. The summed E-state index contributed by atoms with van der Waals surface area (Å²) < 4.78 is 11.9. The third kappa shape index (κ3) is 8.11. The number of aryl methyl sites for hydroxylation is 2. The average molecular weight is 471 g/mol. The van der Waals surface area contributed by atoms with Crippen molar-refractivity contribution in [1.82, 2.24) is 5.48 Å². The van der Waals surface area contributed by atoms with Crippen molar-refractivity contribution in [1.29, 1.82) is 0 Å². The first-order valence-electron chi connectivity index (χ1n) is 9.63. The van der Waals surface area contributed by atoms with Crippen molar-refractivity contribution in [2.75, 3.05) is 19.8 Å². The van der Waals surface area contributed by atoms with Gasteiger partial charge in [-0.05, 0) is 60.4 Å². The van der Waals surface area contributed by atoms with Gasteiger partial charge in [0.05, 0.1) is 18.9 Å². The second-order valence-corrected chi connectivity index (χ2v) is 7.97. The first-order chi connectivity index (χ1) is 14.4. The highest BCUT2D eigenvalue weighted by Crippen LogP contribution is 2.30. The van der Waals surface area contributed by atoms with E-state index in [1.54, 1.807) is 6.08 Å². The molecule has 2 aromatic carbocycles. The lowest BCUT2D eigenvalue weighted by molar-refractivity contribution is 0.0685. The smallest absolute Gasteiger partial charge is 0.125 e. The number of hydrogen-bond donors (Lipinski definition) is 1. The van der Waals surface area contributed by atoms with Crippen LogP contribution in [0.15, 0.2) is 53.5 Å². The van der Waals surface area contributed by atoms with E-state index in [9.17, 15) is 0 Å². The summed E-state index contributed by atoms with van der Waals surface area (Å²) in [5, 5.41) is 0.683. The lowest BCUT2D eigenvalue weighted by Gasteiger charge is -2.16. The minimum Gasteiger partial charge on any atom is -0.493 e. The van der Waals surface area contributed by atoms with Crippen LogP contribution in [0.3, 0.4) is 0 Å². The van der Waals surface area contributed by atoms with E-state index < -0.39 is 0 Å². The molecule has 0 saturated heterocycles. The van der Waals surface area contributed by atoms with E-state index in [1.165, 1.54) is 0 Å². The Hall–Kier alpha value is -1.85. The summed E-state index contributed by atoms with van der Waals surface area (Å²) in [6.07, 6.45) is 3.16. The van der Waals surface area contributed by atoms with Gasteiger partial charge in [0.1, 0.15) is 22.6 Å². The Bertz CT molecular complexity index is 863. The van der Waals surface area contributed by atoms with Gasteiger partial charge in [-0.25, -0.2) is 0 Å². The van der Waals surface area contributed by atoms with Crippen LogP contribution < -0.4 is 15.0 Å². The van der Waals surface area contributed by atoms with Crippen molar-refractivity contribution >= 4 is 40.5 Å². The Balaban J connectivity index is 1.77. The Kier molecular flexibility index (Phi) is 10.4. The Morgan fingerprint density at radius 2 is 1.83 bits per heavy atom. The molecule has 0 aromatic heterocycles. The molecular weight excluding hydrogens is 445 g/mol. The summed E-state index contributed by atoms with van der Waals surface area (Å²) in [5.41, 5.74) is 6.55. The number of rotatable bonds is 12. The fraction of sp³-hybridized carbons (Fsp3) is 0.304. The summed E-state index contributed by atoms with van der Waals surface area (Å²) in [6, 6.07) is 11.3. The molecule has 0 radical (unpaired) electrons. The highest BCUT2D eigenvalue weighted by molar-refractivity contribution is 6.55. The lowest BCUT2D eigenvalue weighted by Crippen LogP contribution is -2.15. The second-order valence-electron chi connectivity index (χ2n) is 6.52. The first-order valence-corrected chi connectivity index (χ1v) is 10.8. The summed E-state index contributed by atoms with van der Waals surface area (Å²) in [7, 11) is 0. The number of hydrogen-bond acceptors (Lipinski definition) is 4. The fourth-order valence-corrected chi connectivity index (χ4v) is 2.97. The van der Waals surface area contributed by atoms with Gasteiger partial charge in [0.15, 0.2) is 0 Å². The highest BCUT2D eigenvalue weighted by Gasteiger charge is 2.09. The van der Waals surface area contributed by atoms with Gasteiger partial charge in [0.2, 0.25) is 0 Å². The van der Waals surface area contributed by atoms with E-state index in [1.807, 2.05) is 43.3 Å². The molecule has 0 spiro atoms.